The Bertz CT molecular complexity index is 4150. The number of benzene rings is 3. The first-order valence-electron chi connectivity index (χ1n) is 32.2. The molecule has 2 aromatic carbocycles. The average molecular weight is 1550 g/mol. The predicted molar refractivity (Wildman–Crippen MR) is 371 cm³/mol. The van der Waals surface area contributed by atoms with Crippen molar-refractivity contribution in [2.45, 2.75) is 78.7 Å². The second kappa shape index (κ2) is 39.3. The third-order valence-corrected chi connectivity index (χ3v) is 19.7. The number of nitrogen functional groups attached to an aromatic ring is 1. The van der Waals surface area contributed by atoms with Gasteiger partial charge < -0.3 is 132 Å². The SMILES string of the molecule is Nc1ccn([C@@H]2O[C@H](COP(=O)([O-])OC3(C(=O)[O-])C[C@H](O)[C@@H](NC(=O)CNC(=O)CN(CCOCCOCCNC(=O)CCSSc4ccccn4)C(=O)COCC(=O)N4CCN(C(=O)c5ccccc5-c5c6ccc(=O)cc-6oc6cc(O)ccc56)CC4)[C@H]([C@H](O)[C@H](O)CO)O3)[C@@H](O)[C@H]2O)c(=O)n1.[NH4+].[NH4+]. The largest absolute Gasteiger partial charge is 0.756 e. The van der Waals surface area contributed by atoms with Crippen LogP contribution in [0.1, 0.15) is 29.4 Å². The van der Waals surface area contributed by atoms with Crippen molar-refractivity contribution >= 4 is 87.6 Å². The van der Waals surface area contributed by atoms with Crippen molar-refractivity contribution in [1.29, 1.82) is 0 Å². The van der Waals surface area contributed by atoms with Crippen molar-refractivity contribution in [3.63, 3.8) is 0 Å². The standard InChI is InChI=1S/C64H77N10O27PS2.2H3N/c65-47-12-16-74(63(91)69-47)61-58(87)57(86)46(99-61)33-97-102(92,93)101-64(62(89)90)29-42(78)55(59(100-64)56(85)43(79)32-75)70-49(81)30-68-50(82)31-73(21-23-95-25-24-94-22-15-66-48(80)13-26-103-104-51-7-3-4-14-67-51)53(84)35-96-34-52(83)71-17-19-72(20-18-71)60(88)39-6-2-1-5-38(39)54-40-10-8-36(76)27-44(40)98-45-28-37(77)9-11-41(45)54;;/h1-12,14,16,27-28,42-43,46,55-59,61,75-76,78-79,85-87H,13,15,17-26,29-35H2,(H,66,80)(H,68,82)(H,70,81)(H,89,90)(H,92,93)(H2,65,69,91);2*1H3/t42-,43+,46+,55+,56+,57+,58+,59+,61+,64?;;/m0../s1. The van der Waals surface area contributed by atoms with Crippen LogP contribution in [-0.4, -0.2) is 272 Å². The molecule has 39 nitrogen and oxygen atoms in total. The second-order valence-electron chi connectivity index (χ2n) is 23.7. The fourth-order valence-corrected chi connectivity index (χ4v) is 14.1. The Labute approximate surface area is 610 Å². The van der Waals surface area contributed by atoms with Crippen LogP contribution in [-0.2, 0) is 66.1 Å². The molecule has 42 heteroatoms. The molecule has 20 N–H and O–H groups in total. The van der Waals surface area contributed by atoms with Crippen LogP contribution in [0.3, 0.4) is 0 Å². The molecule has 3 saturated heterocycles. The Morgan fingerprint density at radius 3 is 2.28 bits per heavy atom. The first kappa shape index (κ1) is 84.6. The summed E-state index contributed by atoms with van der Waals surface area (Å²) >= 11 is 0. The minimum absolute atomic E-state index is 0. The van der Waals surface area contributed by atoms with Gasteiger partial charge in [-0.25, -0.2) is 9.78 Å². The minimum Gasteiger partial charge on any atom is -0.756 e. The van der Waals surface area contributed by atoms with Crippen molar-refractivity contribution < 1.29 is 121 Å². The number of fused-ring (bicyclic) bond motifs is 2. The van der Waals surface area contributed by atoms with Crippen LogP contribution in [0.25, 0.3) is 33.4 Å². The number of nitrogens with zero attached hydrogens (tertiary/aromatic N) is 6. The third-order valence-electron chi connectivity index (χ3n) is 16.5. The van der Waals surface area contributed by atoms with Gasteiger partial charge in [-0.3, -0.25) is 47.2 Å². The van der Waals surface area contributed by atoms with Crippen LogP contribution < -0.4 is 55.1 Å². The molecular weight excluding hydrogens is 1460 g/mol. The number of phosphoric ester groups is 1. The Balaban J connectivity index is 0.00000784. The molecule has 3 fully saturated rings. The molecule has 2 aromatic heterocycles. The Morgan fingerprint density at radius 2 is 1.57 bits per heavy atom. The summed E-state index contributed by atoms with van der Waals surface area (Å²) in [5, 5.41) is 95.4. The highest BCUT2D eigenvalue weighted by molar-refractivity contribution is 8.76. The van der Waals surface area contributed by atoms with E-state index in [1.807, 2.05) is 12.1 Å². The molecule has 6 amide bonds. The number of aromatic hydroxyl groups is 1. The zero-order valence-electron chi connectivity index (χ0n) is 57.2. The van der Waals surface area contributed by atoms with Crippen molar-refractivity contribution in [1.82, 2.24) is 57.5 Å². The zero-order valence-corrected chi connectivity index (χ0v) is 59.7. The maximum absolute atomic E-state index is 14.4. The highest BCUT2D eigenvalue weighted by Gasteiger charge is 2.55. The van der Waals surface area contributed by atoms with Crippen LogP contribution in [0.15, 0.2) is 116 Å². The van der Waals surface area contributed by atoms with Crippen molar-refractivity contribution in [2.75, 3.05) is 117 Å². The van der Waals surface area contributed by atoms with E-state index in [2.05, 4.69) is 25.9 Å². The van der Waals surface area contributed by atoms with Gasteiger partial charge in [0.15, 0.2) is 11.7 Å². The maximum Gasteiger partial charge on any atom is 0.351 e. The van der Waals surface area contributed by atoms with Crippen LogP contribution in [0.5, 0.6) is 5.75 Å². The number of anilines is 1. The number of hydrogen-bond donors (Lipinski definition) is 13. The topological polar surface area (TPSA) is 612 Å². The highest BCUT2D eigenvalue weighted by Crippen LogP contribution is 2.49. The fraction of sp³-hybridized carbons (Fsp3) is 0.453. The van der Waals surface area contributed by atoms with E-state index < -0.39 is 150 Å². The number of nitrogens with two attached hydrogens (primary N) is 1. The number of aliphatic carboxylic acids is 1. The lowest BCUT2D eigenvalue weighted by atomic mass is 9.88. The first-order valence-corrected chi connectivity index (χ1v) is 36.0. The molecule has 6 heterocycles. The lowest BCUT2D eigenvalue weighted by molar-refractivity contribution is -0.377. The van der Waals surface area contributed by atoms with Crippen LogP contribution in [0.4, 0.5) is 5.82 Å². The lowest BCUT2D eigenvalue weighted by Crippen LogP contribution is -2.70. The number of nitrogens with one attached hydrogen (secondary N) is 3. The second-order valence-corrected chi connectivity index (χ2v) is 27.4. The van der Waals surface area contributed by atoms with E-state index in [1.54, 1.807) is 53.6 Å². The number of phenolic OH excluding ortho intramolecular Hbond substituents is 1. The number of hydrogen-bond acceptors (Lipinski definition) is 32. The number of piperazine rings is 1. The molecule has 0 bridgehead atoms. The normalized spacial score (nSPS) is 21.2. The molecule has 0 saturated carbocycles. The molecule has 0 radical (unpaired) electrons. The number of quaternary nitrogens is 2. The molecule has 106 heavy (non-hydrogen) atoms. The molecule has 4 aliphatic heterocycles. The molecule has 5 aliphatic rings. The maximum atomic E-state index is 14.4. The Kier molecular flexibility index (Phi) is 31.3. The van der Waals surface area contributed by atoms with Gasteiger partial charge in [0.05, 0.1) is 64.9 Å². The molecule has 0 spiro atoms. The fourth-order valence-electron chi connectivity index (χ4n) is 11.3. The van der Waals surface area contributed by atoms with Crippen molar-refractivity contribution in [2.24, 2.45) is 0 Å². The molecule has 11 atom stereocenters. The zero-order chi connectivity index (χ0) is 74.8. The van der Waals surface area contributed by atoms with E-state index in [4.69, 9.17) is 42.9 Å². The molecular formula is C64H83N12O27PS2. The number of carboxylic acids is 1. The number of ether oxygens (including phenoxy) is 5. The smallest absolute Gasteiger partial charge is 0.351 e. The first-order chi connectivity index (χ1) is 49.7. The summed E-state index contributed by atoms with van der Waals surface area (Å²) in [6, 6.07) is 20.3. The molecule has 1 aliphatic carbocycles. The third kappa shape index (κ3) is 22.2. The summed E-state index contributed by atoms with van der Waals surface area (Å²) < 4.78 is 57.1. The van der Waals surface area contributed by atoms with Gasteiger partial charge in [-0.05, 0) is 64.9 Å². The van der Waals surface area contributed by atoms with Gasteiger partial charge in [-0.1, -0.05) is 35.1 Å². The molecule has 4 aromatic rings. The number of carbonyl (C=O) groups is 7. The van der Waals surface area contributed by atoms with Gasteiger partial charge in [-0.15, -0.1) is 0 Å². The van der Waals surface area contributed by atoms with Gasteiger partial charge in [0, 0.05) is 104 Å². The summed E-state index contributed by atoms with van der Waals surface area (Å²) in [5.74, 6) is -9.83. The number of carboxylic acid groups (broad SMARTS) is 1. The molecule has 9 rings (SSSR count). The summed E-state index contributed by atoms with van der Waals surface area (Å²) in [5.41, 5.74) is 6.39. The number of phosphoric acid groups is 1. The molecule has 2 unspecified atom stereocenters. The number of aliphatic hydroxyl groups is 6. The quantitative estimate of drug-likeness (QED) is 0.00791. The van der Waals surface area contributed by atoms with E-state index in [0.717, 1.165) is 26.8 Å². The number of amides is 6. The van der Waals surface area contributed by atoms with Gasteiger partial charge in [0.2, 0.25) is 35.3 Å². The average Bonchev–Trinajstić information content (AvgIpc) is 0.805. The summed E-state index contributed by atoms with van der Waals surface area (Å²) in [7, 11) is -3.15. The van der Waals surface area contributed by atoms with Crippen LogP contribution >= 0.6 is 29.4 Å². The Hall–Kier alpha value is -8.66. The van der Waals surface area contributed by atoms with E-state index >= 15 is 0 Å². The van der Waals surface area contributed by atoms with E-state index in [0.29, 0.717) is 33.4 Å². The number of phenols is 1. The predicted octanol–water partition coefficient (Wildman–Crippen LogP) is -3.60. The summed E-state index contributed by atoms with van der Waals surface area (Å²) in [4.78, 5) is 144. The monoisotopic (exact) mass is 1550 g/mol. The molecule has 578 valence electrons. The van der Waals surface area contributed by atoms with Crippen molar-refractivity contribution in [3.05, 3.63) is 124 Å². The van der Waals surface area contributed by atoms with Crippen LogP contribution in [0, 0.1) is 0 Å². The number of aliphatic hydroxyl groups excluding tert-OH is 6. The number of pyridine rings is 1. The van der Waals surface area contributed by atoms with Gasteiger partial charge in [-0.2, -0.15) is 4.98 Å². The van der Waals surface area contributed by atoms with Crippen LogP contribution in [0.2, 0.25) is 0 Å². The highest BCUT2D eigenvalue weighted by atomic mass is 33.1. The van der Waals surface area contributed by atoms with E-state index in [9.17, 15) is 93.5 Å². The lowest BCUT2D eigenvalue weighted by Gasteiger charge is -2.50. The van der Waals surface area contributed by atoms with Gasteiger partial charge in [0.25, 0.3) is 13.7 Å². The number of aromatic nitrogens is 3. The van der Waals surface area contributed by atoms with E-state index in [-0.39, 0.29) is 125 Å². The number of rotatable bonds is 35. The minimum atomic E-state index is -6.08. The van der Waals surface area contributed by atoms with Gasteiger partial charge >= 0.3 is 5.69 Å². The Morgan fingerprint density at radius 1 is 0.840 bits per heavy atom. The summed E-state index contributed by atoms with van der Waals surface area (Å²) in [6.07, 6.45) is -15.1. The van der Waals surface area contributed by atoms with Gasteiger partial charge in [0.1, 0.15) is 83.7 Å². The number of carbonyl (C=O) groups excluding carboxylic acids is 7. The van der Waals surface area contributed by atoms with E-state index in [1.165, 1.54) is 50.8 Å². The summed E-state index contributed by atoms with van der Waals surface area (Å²) in [6.45, 7) is -5.43. The van der Waals surface area contributed by atoms with Crippen molar-refractivity contribution in [3.8, 4) is 28.2 Å².